The van der Waals surface area contributed by atoms with E-state index in [-0.39, 0.29) is 5.91 Å². The molecule has 96 valence electrons. The van der Waals surface area contributed by atoms with Crippen LogP contribution in [0.2, 0.25) is 0 Å². The van der Waals surface area contributed by atoms with Crippen LogP contribution in [0, 0.1) is 11.3 Å². The molecule has 1 amide bonds. The van der Waals surface area contributed by atoms with Crippen LogP contribution in [0.25, 0.3) is 5.65 Å². The van der Waals surface area contributed by atoms with Crippen molar-refractivity contribution in [2.45, 2.75) is 0 Å². The molecule has 1 aromatic carbocycles. The van der Waals surface area contributed by atoms with Gasteiger partial charge >= 0.3 is 0 Å². The summed E-state index contributed by atoms with van der Waals surface area (Å²) in [5, 5.41) is 11.7. The van der Waals surface area contributed by atoms with Gasteiger partial charge in [0.25, 0.3) is 5.91 Å². The maximum atomic E-state index is 12.2. The van der Waals surface area contributed by atoms with Crippen molar-refractivity contribution in [1.82, 2.24) is 9.38 Å². The lowest BCUT2D eigenvalue weighted by atomic mass is 10.1. The fourth-order valence-electron chi connectivity index (χ4n) is 1.97. The van der Waals surface area contributed by atoms with Crippen LogP contribution >= 0.6 is 0 Å². The Kier molecular flexibility index (Phi) is 2.90. The summed E-state index contributed by atoms with van der Waals surface area (Å²) in [6, 6.07) is 12.2. The van der Waals surface area contributed by atoms with Crippen molar-refractivity contribution in [3.8, 4) is 6.07 Å². The van der Waals surface area contributed by atoms with E-state index in [4.69, 9.17) is 5.26 Å². The van der Waals surface area contributed by atoms with Gasteiger partial charge in [0, 0.05) is 24.2 Å². The molecule has 0 bridgehead atoms. The third-order valence-corrected chi connectivity index (χ3v) is 2.92. The number of hydrogen-bond acceptors (Lipinski definition) is 3. The van der Waals surface area contributed by atoms with Gasteiger partial charge in [-0.25, -0.2) is 4.98 Å². The molecular weight excluding hydrogens is 252 g/mol. The maximum Gasteiger partial charge on any atom is 0.255 e. The number of carbonyl (C=O) groups is 1. The van der Waals surface area contributed by atoms with Gasteiger partial charge < -0.3 is 9.72 Å². The Bertz CT molecular complexity index is 829. The summed E-state index contributed by atoms with van der Waals surface area (Å²) in [7, 11) is 0. The van der Waals surface area contributed by atoms with Gasteiger partial charge in [0.15, 0.2) is 5.65 Å². The number of imidazole rings is 1. The highest BCUT2D eigenvalue weighted by atomic mass is 16.1. The number of nitrogens with zero attached hydrogens (tertiary/aromatic N) is 3. The number of nitriles is 1. The first-order chi connectivity index (χ1) is 9.78. The van der Waals surface area contributed by atoms with E-state index in [1.165, 1.54) is 0 Å². The molecule has 0 saturated heterocycles. The summed E-state index contributed by atoms with van der Waals surface area (Å²) in [6.07, 6.45) is 5.33. The standard InChI is InChI=1S/C15H10N4O/c16-10-11-3-1-4-12(9-11)15(20)18-13-5-2-7-19-8-6-17-14(13)19/h1-9H,(H,18,20). The molecule has 2 aromatic heterocycles. The van der Waals surface area contributed by atoms with E-state index in [1.54, 1.807) is 42.7 Å². The number of benzene rings is 1. The van der Waals surface area contributed by atoms with E-state index >= 15 is 0 Å². The lowest BCUT2D eigenvalue weighted by Crippen LogP contribution is -2.12. The number of carbonyl (C=O) groups excluding carboxylic acids is 1. The first-order valence-electron chi connectivity index (χ1n) is 6.01. The monoisotopic (exact) mass is 262 g/mol. The van der Waals surface area contributed by atoms with Gasteiger partial charge in [0.2, 0.25) is 0 Å². The number of pyridine rings is 1. The summed E-state index contributed by atoms with van der Waals surface area (Å²) < 4.78 is 1.82. The molecular formula is C15H10N4O. The van der Waals surface area contributed by atoms with Crippen LogP contribution in [0.5, 0.6) is 0 Å². The van der Waals surface area contributed by atoms with Gasteiger partial charge in [-0.15, -0.1) is 0 Å². The smallest absolute Gasteiger partial charge is 0.255 e. The first kappa shape index (κ1) is 11.9. The zero-order chi connectivity index (χ0) is 13.9. The van der Waals surface area contributed by atoms with Crippen molar-refractivity contribution in [3.63, 3.8) is 0 Å². The molecule has 5 heteroatoms. The molecule has 3 rings (SSSR count). The van der Waals surface area contributed by atoms with Crippen molar-refractivity contribution < 1.29 is 4.79 Å². The average Bonchev–Trinajstić information content (AvgIpc) is 2.97. The Morgan fingerprint density at radius 2 is 2.15 bits per heavy atom. The van der Waals surface area contributed by atoms with E-state index in [0.29, 0.717) is 22.5 Å². The molecule has 0 fully saturated rings. The third-order valence-electron chi connectivity index (χ3n) is 2.92. The molecule has 0 radical (unpaired) electrons. The number of aromatic nitrogens is 2. The Morgan fingerprint density at radius 3 is 3.00 bits per heavy atom. The molecule has 20 heavy (non-hydrogen) atoms. The van der Waals surface area contributed by atoms with Gasteiger partial charge in [-0.05, 0) is 30.3 Å². The second-order valence-electron chi connectivity index (χ2n) is 4.23. The van der Waals surface area contributed by atoms with E-state index in [0.717, 1.165) is 0 Å². The Balaban J connectivity index is 1.93. The van der Waals surface area contributed by atoms with Crippen LogP contribution in [-0.4, -0.2) is 15.3 Å². The van der Waals surface area contributed by atoms with Crippen molar-refractivity contribution in [2.24, 2.45) is 0 Å². The molecule has 5 nitrogen and oxygen atoms in total. The number of nitrogens with one attached hydrogen (secondary N) is 1. The minimum Gasteiger partial charge on any atom is -0.319 e. The van der Waals surface area contributed by atoms with Crippen LogP contribution in [0.1, 0.15) is 15.9 Å². The topological polar surface area (TPSA) is 70.2 Å². The van der Waals surface area contributed by atoms with Gasteiger partial charge in [0.1, 0.15) is 0 Å². The average molecular weight is 262 g/mol. The molecule has 0 atom stereocenters. The Hall–Kier alpha value is -3.13. The van der Waals surface area contributed by atoms with E-state index in [9.17, 15) is 4.79 Å². The van der Waals surface area contributed by atoms with Crippen LogP contribution in [0.15, 0.2) is 55.0 Å². The van der Waals surface area contributed by atoms with Crippen molar-refractivity contribution >= 4 is 17.2 Å². The molecule has 0 saturated carbocycles. The summed E-state index contributed by atoms with van der Waals surface area (Å²) in [5.74, 6) is -0.266. The highest BCUT2D eigenvalue weighted by Gasteiger charge is 2.09. The van der Waals surface area contributed by atoms with Crippen molar-refractivity contribution in [3.05, 3.63) is 66.1 Å². The summed E-state index contributed by atoms with van der Waals surface area (Å²) >= 11 is 0. The zero-order valence-corrected chi connectivity index (χ0v) is 10.4. The molecule has 0 aliphatic carbocycles. The molecule has 2 heterocycles. The maximum absolute atomic E-state index is 12.2. The fourth-order valence-corrected chi connectivity index (χ4v) is 1.97. The molecule has 0 unspecified atom stereocenters. The molecule has 0 spiro atoms. The minimum atomic E-state index is -0.266. The number of fused-ring (bicyclic) bond motifs is 1. The van der Waals surface area contributed by atoms with Crippen molar-refractivity contribution in [1.29, 1.82) is 5.26 Å². The number of rotatable bonds is 2. The van der Waals surface area contributed by atoms with Crippen LogP contribution in [-0.2, 0) is 0 Å². The third kappa shape index (κ3) is 2.10. The second kappa shape index (κ2) is 4.86. The first-order valence-corrected chi connectivity index (χ1v) is 6.01. The molecule has 0 aliphatic rings. The summed E-state index contributed by atoms with van der Waals surface area (Å²) in [6.45, 7) is 0. The quantitative estimate of drug-likeness (QED) is 0.771. The van der Waals surface area contributed by atoms with Crippen LogP contribution in [0.3, 0.4) is 0 Å². The summed E-state index contributed by atoms with van der Waals surface area (Å²) in [5.41, 5.74) is 2.21. The molecule has 0 aliphatic heterocycles. The summed E-state index contributed by atoms with van der Waals surface area (Å²) in [4.78, 5) is 16.4. The van der Waals surface area contributed by atoms with Gasteiger partial charge in [-0.3, -0.25) is 4.79 Å². The largest absolute Gasteiger partial charge is 0.319 e. The fraction of sp³-hybridized carbons (Fsp3) is 0. The lowest BCUT2D eigenvalue weighted by Gasteiger charge is -2.06. The van der Waals surface area contributed by atoms with Crippen LogP contribution in [0.4, 0.5) is 5.69 Å². The Labute approximate surface area is 115 Å². The second-order valence-corrected chi connectivity index (χ2v) is 4.23. The number of amides is 1. The molecule has 1 N–H and O–H groups in total. The number of hydrogen-bond donors (Lipinski definition) is 1. The highest BCUT2D eigenvalue weighted by molar-refractivity contribution is 6.06. The Morgan fingerprint density at radius 1 is 1.25 bits per heavy atom. The SMILES string of the molecule is N#Cc1cccc(C(=O)Nc2cccn3ccnc23)c1. The molecule has 3 aromatic rings. The number of anilines is 1. The van der Waals surface area contributed by atoms with Gasteiger partial charge in [-0.1, -0.05) is 6.07 Å². The normalized spacial score (nSPS) is 10.2. The van der Waals surface area contributed by atoms with Crippen molar-refractivity contribution in [2.75, 3.05) is 5.32 Å². The van der Waals surface area contributed by atoms with E-state index in [2.05, 4.69) is 10.3 Å². The minimum absolute atomic E-state index is 0.266. The van der Waals surface area contributed by atoms with Crippen LogP contribution < -0.4 is 5.32 Å². The zero-order valence-electron chi connectivity index (χ0n) is 10.4. The van der Waals surface area contributed by atoms with E-state index in [1.807, 2.05) is 22.7 Å². The highest BCUT2D eigenvalue weighted by Crippen LogP contribution is 2.16. The van der Waals surface area contributed by atoms with Gasteiger partial charge in [-0.2, -0.15) is 5.26 Å². The van der Waals surface area contributed by atoms with Gasteiger partial charge in [0.05, 0.1) is 17.3 Å². The van der Waals surface area contributed by atoms with E-state index < -0.39 is 0 Å². The predicted molar refractivity (Wildman–Crippen MR) is 74.3 cm³/mol. The lowest BCUT2D eigenvalue weighted by molar-refractivity contribution is 0.102. The predicted octanol–water partition coefficient (Wildman–Crippen LogP) is 2.46.